The molecule has 1 amide bonds. The van der Waals surface area contributed by atoms with E-state index in [1.165, 1.54) is 0 Å². The monoisotopic (exact) mass is 155 g/mol. The second-order valence-corrected chi connectivity index (χ2v) is 2.93. The summed E-state index contributed by atoms with van der Waals surface area (Å²) < 4.78 is 0. The van der Waals surface area contributed by atoms with E-state index in [1.807, 2.05) is 4.90 Å². The second-order valence-electron chi connectivity index (χ2n) is 2.93. The van der Waals surface area contributed by atoms with Gasteiger partial charge < -0.3 is 9.80 Å². The van der Waals surface area contributed by atoms with Crippen molar-refractivity contribution >= 4 is 5.91 Å². The lowest BCUT2D eigenvalue weighted by Gasteiger charge is -2.32. The number of carbonyl (C=O) groups is 1. The summed E-state index contributed by atoms with van der Waals surface area (Å²) in [7, 11) is 2.08. The van der Waals surface area contributed by atoms with Crippen LogP contribution in [0, 0.1) is 6.92 Å². The molecule has 3 nitrogen and oxygen atoms in total. The number of likely N-dealkylation sites (N-methyl/N-ethyl adjacent to an activating group) is 1. The second kappa shape index (κ2) is 3.72. The largest absolute Gasteiger partial charge is 0.340 e. The van der Waals surface area contributed by atoms with Crippen LogP contribution in [-0.2, 0) is 4.79 Å². The molecule has 1 rings (SSSR count). The quantitative estimate of drug-likeness (QED) is 0.531. The highest BCUT2D eigenvalue weighted by Gasteiger charge is 2.16. The van der Waals surface area contributed by atoms with Crippen LogP contribution in [0.4, 0.5) is 0 Å². The van der Waals surface area contributed by atoms with E-state index in [2.05, 4.69) is 18.9 Å². The predicted octanol–water partition coefficient (Wildman–Crippen LogP) is -0.0154. The number of amides is 1. The van der Waals surface area contributed by atoms with E-state index < -0.39 is 0 Å². The SMILES string of the molecule is [CH2]CC(=O)N1CCN(C)CC1. The first-order valence-electron chi connectivity index (χ1n) is 3.99. The molecular weight excluding hydrogens is 140 g/mol. The van der Waals surface area contributed by atoms with Gasteiger partial charge in [-0.25, -0.2) is 0 Å². The first-order valence-corrected chi connectivity index (χ1v) is 3.99. The average molecular weight is 155 g/mol. The van der Waals surface area contributed by atoms with Gasteiger partial charge in [0, 0.05) is 32.6 Å². The van der Waals surface area contributed by atoms with Crippen molar-refractivity contribution in [3.8, 4) is 0 Å². The molecule has 1 saturated heterocycles. The fraction of sp³-hybridized carbons (Fsp3) is 0.750. The van der Waals surface area contributed by atoms with Crippen molar-refractivity contribution in [3.63, 3.8) is 0 Å². The highest BCUT2D eigenvalue weighted by molar-refractivity contribution is 5.76. The molecule has 1 fully saturated rings. The molecule has 0 saturated carbocycles. The molecule has 0 aromatic heterocycles. The Hall–Kier alpha value is -0.570. The summed E-state index contributed by atoms with van der Waals surface area (Å²) in [4.78, 5) is 15.2. The molecule has 0 unspecified atom stereocenters. The number of piperazine rings is 1. The third kappa shape index (κ3) is 2.19. The molecule has 1 aliphatic heterocycles. The molecule has 3 heteroatoms. The molecule has 0 aromatic rings. The molecule has 0 spiro atoms. The predicted molar refractivity (Wildman–Crippen MR) is 44.1 cm³/mol. The van der Waals surface area contributed by atoms with Gasteiger partial charge in [0.1, 0.15) is 0 Å². The summed E-state index contributed by atoms with van der Waals surface area (Å²) in [6.07, 6.45) is 0.393. The van der Waals surface area contributed by atoms with Crippen molar-refractivity contribution in [2.24, 2.45) is 0 Å². The Morgan fingerprint density at radius 2 is 1.91 bits per heavy atom. The van der Waals surface area contributed by atoms with Crippen molar-refractivity contribution in [2.45, 2.75) is 6.42 Å². The Labute approximate surface area is 68.0 Å². The van der Waals surface area contributed by atoms with E-state index in [0.717, 1.165) is 26.2 Å². The maximum Gasteiger partial charge on any atom is 0.222 e. The fourth-order valence-corrected chi connectivity index (χ4v) is 1.21. The van der Waals surface area contributed by atoms with Gasteiger partial charge in [0.25, 0.3) is 0 Å². The third-order valence-electron chi connectivity index (χ3n) is 2.07. The van der Waals surface area contributed by atoms with Gasteiger partial charge in [-0.3, -0.25) is 4.79 Å². The van der Waals surface area contributed by atoms with Crippen LogP contribution in [-0.4, -0.2) is 48.9 Å². The number of hydrogen-bond donors (Lipinski definition) is 0. The van der Waals surface area contributed by atoms with Crippen molar-refractivity contribution in [2.75, 3.05) is 33.2 Å². The summed E-state index contributed by atoms with van der Waals surface area (Å²) in [6.45, 7) is 7.29. The lowest BCUT2D eigenvalue weighted by atomic mass is 10.3. The minimum Gasteiger partial charge on any atom is -0.340 e. The van der Waals surface area contributed by atoms with Crippen molar-refractivity contribution in [3.05, 3.63) is 6.92 Å². The Kier molecular flexibility index (Phi) is 2.88. The fourth-order valence-electron chi connectivity index (χ4n) is 1.21. The summed E-state index contributed by atoms with van der Waals surface area (Å²) in [5.74, 6) is 0.179. The van der Waals surface area contributed by atoms with Crippen LogP contribution in [0.3, 0.4) is 0 Å². The zero-order valence-corrected chi connectivity index (χ0v) is 7.05. The molecule has 0 N–H and O–H groups in total. The number of nitrogens with zero attached hydrogens (tertiary/aromatic N) is 2. The molecule has 63 valence electrons. The maximum atomic E-state index is 11.1. The maximum absolute atomic E-state index is 11.1. The van der Waals surface area contributed by atoms with Gasteiger partial charge in [0.05, 0.1) is 0 Å². The molecule has 0 atom stereocenters. The summed E-state index contributed by atoms with van der Waals surface area (Å²) in [6, 6.07) is 0. The molecule has 1 radical (unpaired) electrons. The van der Waals surface area contributed by atoms with E-state index in [-0.39, 0.29) is 5.91 Å². The van der Waals surface area contributed by atoms with Gasteiger partial charge in [-0.2, -0.15) is 0 Å². The molecule has 11 heavy (non-hydrogen) atoms. The van der Waals surface area contributed by atoms with Crippen molar-refractivity contribution < 1.29 is 4.79 Å². The minimum absolute atomic E-state index is 0.179. The molecule has 0 bridgehead atoms. The molecule has 1 heterocycles. The van der Waals surface area contributed by atoms with E-state index in [4.69, 9.17) is 0 Å². The highest BCUT2D eigenvalue weighted by atomic mass is 16.2. The van der Waals surface area contributed by atoms with Crippen LogP contribution >= 0.6 is 0 Å². The van der Waals surface area contributed by atoms with Crippen LogP contribution in [0.25, 0.3) is 0 Å². The third-order valence-corrected chi connectivity index (χ3v) is 2.07. The van der Waals surface area contributed by atoms with Gasteiger partial charge >= 0.3 is 0 Å². The zero-order chi connectivity index (χ0) is 8.27. The van der Waals surface area contributed by atoms with Crippen LogP contribution in [0.1, 0.15) is 6.42 Å². The summed E-state index contributed by atoms with van der Waals surface area (Å²) in [5, 5.41) is 0. The van der Waals surface area contributed by atoms with Gasteiger partial charge in [0.2, 0.25) is 5.91 Å². The number of hydrogen-bond acceptors (Lipinski definition) is 2. The van der Waals surface area contributed by atoms with E-state index in [0.29, 0.717) is 6.42 Å². The Bertz CT molecular complexity index is 139. The van der Waals surface area contributed by atoms with Gasteiger partial charge in [-0.05, 0) is 14.0 Å². The standard InChI is InChI=1S/C8H15N2O/c1-3-8(11)10-6-4-9(2)5-7-10/h1,3-7H2,2H3. The smallest absolute Gasteiger partial charge is 0.222 e. The normalized spacial score (nSPS) is 20.4. The van der Waals surface area contributed by atoms with E-state index in [9.17, 15) is 4.79 Å². The zero-order valence-electron chi connectivity index (χ0n) is 7.05. The Morgan fingerprint density at radius 1 is 1.36 bits per heavy atom. The number of rotatable bonds is 1. The van der Waals surface area contributed by atoms with Crippen LogP contribution in [0.15, 0.2) is 0 Å². The highest BCUT2D eigenvalue weighted by Crippen LogP contribution is 2.00. The van der Waals surface area contributed by atoms with Crippen LogP contribution in [0.5, 0.6) is 0 Å². The van der Waals surface area contributed by atoms with Gasteiger partial charge in [-0.15, -0.1) is 0 Å². The molecular formula is C8H15N2O. The van der Waals surface area contributed by atoms with Crippen molar-refractivity contribution in [1.29, 1.82) is 0 Å². The molecule has 1 aliphatic rings. The average Bonchev–Trinajstić information content (AvgIpc) is 2.05. The first kappa shape index (κ1) is 8.53. The first-order chi connectivity index (χ1) is 5.24. The van der Waals surface area contributed by atoms with Gasteiger partial charge in [-0.1, -0.05) is 0 Å². The minimum atomic E-state index is 0.179. The van der Waals surface area contributed by atoms with E-state index in [1.54, 1.807) is 0 Å². The number of carbonyl (C=O) groups excluding carboxylic acids is 1. The van der Waals surface area contributed by atoms with Crippen LogP contribution in [0.2, 0.25) is 0 Å². The lowest BCUT2D eigenvalue weighted by Crippen LogP contribution is -2.46. The molecule has 0 aliphatic carbocycles. The topological polar surface area (TPSA) is 23.6 Å². The Balaban J connectivity index is 2.33. The summed E-state index contributed by atoms with van der Waals surface area (Å²) in [5.41, 5.74) is 0. The van der Waals surface area contributed by atoms with Crippen LogP contribution < -0.4 is 0 Å². The van der Waals surface area contributed by atoms with Crippen molar-refractivity contribution in [1.82, 2.24) is 9.80 Å². The van der Waals surface area contributed by atoms with E-state index >= 15 is 0 Å². The Morgan fingerprint density at radius 3 is 2.36 bits per heavy atom. The van der Waals surface area contributed by atoms with Gasteiger partial charge in [0.15, 0.2) is 0 Å². The summed E-state index contributed by atoms with van der Waals surface area (Å²) >= 11 is 0. The molecule has 0 aromatic carbocycles. The lowest BCUT2D eigenvalue weighted by molar-refractivity contribution is -0.131.